The molecule has 0 aliphatic rings. The minimum absolute atomic E-state index is 0.260. The largest absolute Gasteiger partial charge is 0.340 e. The maximum atomic E-state index is 13.3. The summed E-state index contributed by atoms with van der Waals surface area (Å²) < 4.78 is 13.3. The third kappa shape index (κ3) is 2.72. The predicted octanol–water partition coefficient (Wildman–Crippen LogP) is 5.04. The number of fused-ring (bicyclic) bond motifs is 1. The van der Waals surface area contributed by atoms with Crippen LogP contribution in [0.2, 0.25) is 0 Å². The zero-order chi connectivity index (χ0) is 15.0. The highest BCUT2D eigenvalue weighted by molar-refractivity contribution is 5.87. The zero-order valence-electron chi connectivity index (χ0n) is 12.4. The van der Waals surface area contributed by atoms with Crippen LogP contribution in [0.25, 0.3) is 10.9 Å². The summed E-state index contributed by atoms with van der Waals surface area (Å²) in [5, 5.41) is 4.33. The average molecular weight is 280 g/mol. The average Bonchev–Trinajstić information content (AvgIpc) is 2.40. The van der Waals surface area contributed by atoms with Crippen LogP contribution in [-0.4, -0.2) is 4.98 Å². The van der Waals surface area contributed by atoms with Gasteiger partial charge in [0.05, 0.1) is 5.52 Å². The summed E-state index contributed by atoms with van der Waals surface area (Å²) in [5.41, 5.74) is 5.22. The first-order chi connectivity index (χ1) is 10.0. The van der Waals surface area contributed by atoms with Gasteiger partial charge in [0.15, 0.2) is 0 Å². The van der Waals surface area contributed by atoms with Crippen LogP contribution in [0.15, 0.2) is 42.5 Å². The molecule has 1 heterocycles. The second kappa shape index (κ2) is 5.17. The van der Waals surface area contributed by atoms with Gasteiger partial charge >= 0.3 is 0 Å². The quantitative estimate of drug-likeness (QED) is 0.711. The molecule has 0 aliphatic heterocycles. The van der Waals surface area contributed by atoms with Crippen LogP contribution >= 0.6 is 0 Å². The van der Waals surface area contributed by atoms with Crippen LogP contribution in [0.1, 0.15) is 16.7 Å². The lowest BCUT2D eigenvalue weighted by molar-refractivity contribution is 0.628. The number of benzene rings is 2. The molecule has 0 saturated carbocycles. The first-order valence-electron chi connectivity index (χ1n) is 6.94. The molecular formula is C18H17FN2. The van der Waals surface area contributed by atoms with Crippen LogP contribution in [0.5, 0.6) is 0 Å². The van der Waals surface area contributed by atoms with Crippen LogP contribution in [-0.2, 0) is 0 Å². The summed E-state index contributed by atoms with van der Waals surface area (Å²) in [5.74, 6) is 0.474. The van der Waals surface area contributed by atoms with Gasteiger partial charge < -0.3 is 5.32 Å². The van der Waals surface area contributed by atoms with Gasteiger partial charge in [-0.2, -0.15) is 0 Å². The van der Waals surface area contributed by atoms with Gasteiger partial charge in [-0.25, -0.2) is 9.37 Å². The summed E-state index contributed by atoms with van der Waals surface area (Å²) in [6, 6.07) is 12.7. The lowest BCUT2D eigenvalue weighted by Crippen LogP contribution is -1.97. The van der Waals surface area contributed by atoms with Crippen molar-refractivity contribution in [2.45, 2.75) is 20.8 Å². The second-order valence-corrected chi connectivity index (χ2v) is 5.44. The number of nitrogens with zero attached hydrogens (tertiary/aromatic N) is 1. The van der Waals surface area contributed by atoms with Crippen molar-refractivity contribution in [3.63, 3.8) is 0 Å². The van der Waals surface area contributed by atoms with E-state index in [4.69, 9.17) is 0 Å². The summed E-state index contributed by atoms with van der Waals surface area (Å²) in [4.78, 5) is 4.67. The Balaban J connectivity index is 2.08. The number of anilines is 2. The summed E-state index contributed by atoms with van der Waals surface area (Å²) in [7, 11) is 0. The molecule has 0 unspecified atom stereocenters. The van der Waals surface area contributed by atoms with Gasteiger partial charge in [0.2, 0.25) is 0 Å². The number of aryl methyl sites for hydroxylation is 3. The first kappa shape index (κ1) is 13.6. The molecule has 106 valence electrons. The lowest BCUT2D eigenvalue weighted by atomic mass is 10.0. The molecule has 0 fully saturated rings. The maximum absolute atomic E-state index is 13.3. The van der Waals surface area contributed by atoms with Crippen molar-refractivity contribution in [2.75, 3.05) is 5.32 Å². The molecule has 3 aromatic rings. The van der Waals surface area contributed by atoms with Gasteiger partial charge in [-0.1, -0.05) is 17.7 Å². The molecule has 0 saturated heterocycles. The van der Waals surface area contributed by atoms with E-state index in [0.29, 0.717) is 5.69 Å². The van der Waals surface area contributed by atoms with Crippen molar-refractivity contribution in [2.24, 2.45) is 0 Å². The molecule has 0 spiro atoms. The topological polar surface area (TPSA) is 24.9 Å². The molecule has 3 rings (SSSR count). The van der Waals surface area contributed by atoms with Crippen LogP contribution in [0.4, 0.5) is 15.9 Å². The Bertz CT molecular complexity index is 825. The molecule has 0 bridgehead atoms. The fourth-order valence-corrected chi connectivity index (χ4v) is 2.62. The van der Waals surface area contributed by atoms with Crippen molar-refractivity contribution in [3.8, 4) is 0 Å². The second-order valence-electron chi connectivity index (χ2n) is 5.44. The number of aromatic nitrogens is 1. The van der Waals surface area contributed by atoms with E-state index in [2.05, 4.69) is 43.2 Å². The highest BCUT2D eigenvalue weighted by atomic mass is 19.1. The van der Waals surface area contributed by atoms with E-state index in [-0.39, 0.29) is 5.82 Å². The van der Waals surface area contributed by atoms with Crippen molar-refractivity contribution in [1.29, 1.82) is 0 Å². The Morgan fingerprint density at radius 3 is 2.52 bits per heavy atom. The van der Waals surface area contributed by atoms with Crippen LogP contribution in [0, 0.1) is 26.6 Å². The van der Waals surface area contributed by atoms with E-state index in [0.717, 1.165) is 27.8 Å². The molecule has 0 aliphatic carbocycles. The number of pyridine rings is 1. The molecule has 21 heavy (non-hydrogen) atoms. The van der Waals surface area contributed by atoms with Crippen molar-refractivity contribution >= 4 is 22.4 Å². The van der Waals surface area contributed by atoms with Gasteiger partial charge in [-0.3, -0.25) is 0 Å². The minimum Gasteiger partial charge on any atom is -0.340 e. The number of nitrogens with one attached hydrogen (secondary N) is 1. The molecule has 0 radical (unpaired) electrons. The normalized spacial score (nSPS) is 10.9. The number of hydrogen-bond acceptors (Lipinski definition) is 2. The maximum Gasteiger partial charge on any atom is 0.131 e. The monoisotopic (exact) mass is 280 g/mol. The van der Waals surface area contributed by atoms with Crippen molar-refractivity contribution in [1.82, 2.24) is 4.98 Å². The van der Waals surface area contributed by atoms with E-state index in [9.17, 15) is 4.39 Å². The first-order valence-corrected chi connectivity index (χ1v) is 6.94. The van der Waals surface area contributed by atoms with Gasteiger partial charge in [0.25, 0.3) is 0 Å². The molecule has 2 aromatic carbocycles. The molecule has 1 N–H and O–H groups in total. The van der Waals surface area contributed by atoms with Crippen LogP contribution in [0.3, 0.4) is 0 Å². The van der Waals surface area contributed by atoms with E-state index >= 15 is 0 Å². The van der Waals surface area contributed by atoms with E-state index in [1.165, 1.54) is 17.7 Å². The third-order valence-corrected chi connectivity index (χ3v) is 3.55. The molecule has 3 heteroatoms. The SMILES string of the molecule is Cc1cc(C)c2nc(Nc3cccc(F)c3)cc(C)c2c1. The standard InChI is InChI=1S/C18H17FN2/c1-11-7-13(3)18-16(8-11)12(2)9-17(21-18)20-15-6-4-5-14(19)10-15/h4-10H,1-3H3,(H,20,21). The van der Waals surface area contributed by atoms with E-state index < -0.39 is 0 Å². The summed E-state index contributed by atoms with van der Waals surface area (Å²) in [6.07, 6.45) is 0. The van der Waals surface area contributed by atoms with Crippen LogP contribution < -0.4 is 5.32 Å². The van der Waals surface area contributed by atoms with Crippen molar-refractivity contribution < 1.29 is 4.39 Å². The zero-order valence-corrected chi connectivity index (χ0v) is 12.4. The Morgan fingerprint density at radius 2 is 1.76 bits per heavy atom. The molecule has 2 nitrogen and oxygen atoms in total. The number of halogens is 1. The van der Waals surface area contributed by atoms with E-state index in [1.54, 1.807) is 6.07 Å². The molecule has 0 amide bonds. The Kier molecular flexibility index (Phi) is 3.34. The molecular weight excluding hydrogens is 263 g/mol. The highest BCUT2D eigenvalue weighted by Gasteiger charge is 2.07. The Hall–Kier alpha value is -2.42. The summed E-state index contributed by atoms with van der Waals surface area (Å²) in [6.45, 7) is 6.22. The lowest BCUT2D eigenvalue weighted by Gasteiger charge is -2.11. The van der Waals surface area contributed by atoms with Gasteiger partial charge in [-0.15, -0.1) is 0 Å². The Morgan fingerprint density at radius 1 is 0.952 bits per heavy atom. The highest BCUT2D eigenvalue weighted by Crippen LogP contribution is 2.26. The van der Waals surface area contributed by atoms with Gasteiger partial charge in [-0.05, 0) is 62.2 Å². The molecule has 0 atom stereocenters. The summed E-state index contributed by atoms with van der Waals surface area (Å²) >= 11 is 0. The van der Waals surface area contributed by atoms with Gasteiger partial charge in [0.1, 0.15) is 11.6 Å². The predicted molar refractivity (Wildman–Crippen MR) is 85.6 cm³/mol. The fourth-order valence-electron chi connectivity index (χ4n) is 2.62. The smallest absolute Gasteiger partial charge is 0.131 e. The Labute approximate surface area is 123 Å². The molecule has 1 aromatic heterocycles. The fraction of sp³-hybridized carbons (Fsp3) is 0.167. The number of rotatable bonds is 2. The number of hydrogen-bond donors (Lipinski definition) is 1. The minimum atomic E-state index is -0.260. The van der Waals surface area contributed by atoms with Crippen molar-refractivity contribution in [3.05, 3.63) is 65.0 Å². The third-order valence-electron chi connectivity index (χ3n) is 3.55. The van der Waals surface area contributed by atoms with E-state index in [1.807, 2.05) is 12.1 Å². The van der Waals surface area contributed by atoms with Gasteiger partial charge in [0, 0.05) is 11.1 Å².